The molecule has 56 valence electrons. The molecule has 10 heavy (non-hydrogen) atoms. The molecule has 0 aliphatic rings. The summed E-state index contributed by atoms with van der Waals surface area (Å²) >= 11 is 0. The Balaban J connectivity index is 3.75. The van der Waals surface area contributed by atoms with Crippen LogP contribution in [0.25, 0.3) is 0 Å². The minimum atomic E-state index is 0.0213. The molecule has 0 aromatic carbocycles. The Morgan fingerprint density at radius 1 is 1.30 bits per heavy atom. The predicted octanol–water partition coefficient (Wildman–Crippen LogP) is 2.06. The summed E-state index contributed by atoms with van der Waals surface area (Å²) in [6, 6.07) is 0. The fourth-order valence-electron chi connectivity index (χ4n) is 0.406. The van der Waals surface area contributed by atoms with Crippen molar-refractivity contribution in [2.45, 2.75) is 13.3 Å². The van der Waals surface area contributed by atoms with Crippen LogP contribution >= 0.6 is 0 Å². The predicted molar refractivity (Wildman–Crippen MR) is 44.8 cm³/mol. The van der Waals surface area contributed by atoms with Crippen LogP contribution in [-0.4, -0.2) is 11.7 Å². The lowest BCUT2D eigenvalue weighted by Crippen LogP contribution is -1.82. The average molecular weight is 138 g/mol. The second-order valence-corrected chi connectivity index (χ2v) is 2.16. The first-order chi connectivity index (χ1) is 4.70. The topological polar surface area (TPSA) is 20.2 Å². The zero-order chi connectivity index (χ0) is 7.98. The van der Waals surface area contributed by atoms with Crippen molar-refractivity contribution < 1.29 is 5.11 Å². The molecule has 0 saturated carbocycles. The van der Waals surface area contributed by atoms with Gasteiger partial charge in [-0.2, -0.15) is 0 Å². The highest BCUT2D eigenvalue weighted by atomic mass is 16.3. The summed E-state index contributed by atoms with van der Waals surface area (Å²) in [5.41, 5.74) is 1.77. The van der Waals surface area contributed by atoms with Crippen molar-refractivity contribution in [2.75, 3.05) is 6.61 Å². The van der Waals surface area contributed by atoms with E-state index in [-0.39, 0.29) is 6.61 Å². The molecule has 1 nitrogen and oxygen atoms in total. The van der Waals surface area contributed by atoms with Crippen molar-refractivity contribution in [1.82, 2.24) is 0 Å². The number of aliphatic hydroxyl groups excluding tert-OH is 1. The smallest absolute Gasteiger partial charge is 0.0676 e. The zero-order valence-corrected chi connectivity index (χ0v) is 6.43. The molecule has 1 heteroatoms. The average Bonchev–Trinajstić information content (AvgIpc) is 1.99. The van der Waals surface area contributed by atoms with Gasteiger partial charge in [-0.15, -0.1) is 0 Å². The molecule has 1 N–H and O–H groups in total. The standard InChI is InChI=1S/C9H14O/c1-4-8(2)5-6-9(3)7-10/h5-6,10H,2-4,7H2,1H3/b6-5-. The summed E-state index contributed by atoms with van der Waals surface area (Å²) in [5, 5.41) is 8.54. The lowest BCUT2D eigenvalue weighted by molar-refractivity contribution is 0.335. The fraction of sp³-hybridized carbons (Fsp3) is 0.333. The molecular weight excluding hydrogens is 124 g/mol. The number of rotatable bonds is 4. The Morgan fingerprint density at radius 3 is 2.20 bits per heavy atom. The van der Waals surface area contributed by atoms with Gasteiger partial charge in [0.1, 0.15) is 0 Å². The van der Waals surface area contributed by atoms with Crippen LogP contribution in [0.3, 0.4) is 0 Å². The van der Waals surface area contributed by atoms with Gasteiger partial charge in [0.15, 0.2) is 0 Å². The first kappa shape index (κ1) is 9.18. The van der Waals surface area contributed by atoms with E-state index in [1.807, 2.05) is 13.0 Å². The Kier molecular flexibility index (Phi) is 4.59. The molecule has 0 fully saturated rings. The first-order valence-electron chi connectivity index (χ1n) is 3.35. The molecule has 0 aromatic rings. The molecule has 0 heterocycles. The molecule has 0 aliphatic carbocycles. The van der Waals surface area contributed by atoms with Crippen LogP contribution in [0.15, 0.2) is 36.5 Å². The molecule has 0 bridgehead atoms. The Morgan fingerprint density at radius 2 is 1.80 bits per heavy atom. The minimum absolute atomic E-state index is 0.0213. The fourth-order valence-corrected chi connectivity index (χ4v) is 0.406. The monoisotopic (exact) mass is 138 g/mol. The van der Waals surface area contributed by atoms with Crippen molar-refractivity contribution in [2.24, 2.45) is 0 Å². The van der Waals surface area contributed by atoms with Crippen LogP contribution in [0, 0.1) is 0 Å². The van der Waals surface area contributed by atoms with Crippen LogP contribution in [0.2, 0.25) is 0 Å². The zero-order valence-electron chi connectivity index (χ0n) is 6.43. The number of hydrogen-bond donors (Lipinski definition) is 1. The summed E-state index contributed by atoms with van der Waals surface area (Å²) in [4.78, 5) is 0. The third-order valence-electron chi connectivity index (χ3n) is 1.21. The molecule has 0 amide bonds. The van der Waals surface area contributed by atoms with Gasteiger partial charge < -0.3 is 5.11 Å². The van der Waals surface area contributed by atoms with E-state index in [1.54, 1.807) is 6.08 Å². The van der Waals surface area contributed by atoms with E-state index in [4.69, 9.17) is 5.11 Å². The van der Waals surface area contributed by atoms with Crippen molar-refractivity contribution >= 4 is 0 Å². The van der Waals surface area contributed by atoms with Gasteiger partial charge in [0.05, 0.1) is 6.61 Å². The SMILES string of the molecule is C=C(/C=C\C(=C)CO)CC. The molecule has 0 unspecified atom stereocenters. The quantitative estimate of drug-likeness (QED) is 0.589. The second-order valence-electron chi connectivity index (χ2n) is 2.16. The molecule has 0 rings (SSSR count). The van der Waals surface area contributed by atoms with Gasteiger partial charge in [0.2, 0.25) is 0 Å². The van der Waals surface area contributed by atoms with Crippen molar-refractivity contribution in [3.8, 4) is 0 Å². The van der Waals surface area contributed by atoms with Crippen LogP contribution in [0.4, 0.5) is 0 Å². The lowest BCUT2D eigenvalue weighted by Gasteiger charge is -1.92. The molecule has 0 radical (unpaired) electrons. The van der Waals surface area contributed by atoms with Gasteiger partial charge in [-0.05, 0) is 12.0 Å². The van der Waals surface area contributed by atoms with Gasteiger partial charge >= 0.3 is 0 Å². The summed E-state index contributed by atoms with van der Waals surface area (Å²) < 4.78 is 0. The highest BCUT2D eigenvalue weighted by Crippen LogP contribution is 2.00. The Labute approximate surface area is 62.4 Å². The maximum absolute atomic E-state index is 8.54. The molecule has 0 atom stereocenters. The summed E-state index contributed by atoms with van der Waals surface area (Å²) in [7, 11) is 0. The first-order valence-corrected chi connectivity index (χ1v) is 3.35. The summed E-state index contributed by atoms with van der Waals surface area (Å²) in [6.07, 6.45) is 4.60. The largest absolute Gasteiger partial charge is 0.392 e. The van der Waals surface area contributed by atoms with Gasteiger partial charge in [0.25, 0.3) is 0 Å². The van der Waals surface area contributed by atoms with Crippen molar-refractivity contribution in [1.29, 1.82) is 0 Å². The van der Waals surface area contributed by atoms with E-state index >= 15 is 0 Å². The molecular formula is C9H14O. The molecule has 0 aliphatic heterocycles. The van der Waals surface area contributed by atoms with Crippen LogP contribution in [-0.2, 0) is 0 Å². The third-order valence-corrected chi connectivity index (χ3v) is 1.21. The van der Waals surface area contributed by atoms with E-state index in [0.717, 1.165) is 17.6 Å². The van der Waals surface area contributed by atoms with E-state index in [1.165, 1.54) is 0 Å². The lowest BCUT2D eigenvalue weighted by atomic mass is 10.2. The van der Waals surface area contributed by atoms with E-state index in [9.17, 15) is 0 Å². The van der Waals surface area contributed by atoms with Crippen molar-refractivity contribution in [3.05, 3.63) is 36.5 Å². The summed E-state index contributed by atoms with van der Waals surface area (Å²) in [5.74, 6) is 0. The van der Waals surface area contributed by atoms with Crippen molar-refractivity contribution in [3.63, 3.8) is 0 Å². The van der Waals surface area contributed by atoms with E-state index < -0.39 is 0 Å². The van der Waals surface area contributed by atoms with Gasteiger partial charge in [-0.1, -0.05) is 37.8 Å². The molecule has 0 aromatic heterocycles. The minimum Gasteiger partial charge on any atom is -0.392 e. The number of aliphatic hydroxyl groups is 1. The maximum atomic E-state index is 8.54. The normalized spacial score (nSPS) is 10.2. The van der Waals surface area contributed by atoms with Crippen LogP contribution < -0.4 is 0 Å². The second kappa shape index (κ2) is 5.00. The number of allylic oxidation sites excluding steroid dienone is 2. The highest BCUT2D eigenvalue weighted by Gasteiger charge is 1.83. The van der Waals surface area contributed by atoms with Gasteiger partial charge in [-0.3, -0.25) is 0 Å². The third kappa shape index (κ3) is 4.10. The van der Waals surface area contributed by atoms with E-state index in [0.29, 0.717) is 0 Å². The van der Waals surface area contributed by atoms with Crippen LogP contribution in [0.5, 0.6) is 0 Å². The van der Waals surface area contributed by atoms with Gasteiger partial charge in [0, 0.05) is 0 Å². The molecule has 0 saturated heterocycles. The van der Waals surface area contributed by atoms with Gasteiger partial charge in [-0.25, -0.2) is 0 Å². The molecule has 0 spiro atoms. The van der Waals surface area contributed by atoms with E-state index in [2.05, 4.69) is 13.2 Å². The highest BCUT2D eigenvalue weighted by molar-refractivity contribution is 5.23. The Hall–Kier alpha value is -0.820. The number of hydrogen-bond acceptors (Lipinski definition) is 1. The summed E-state index contributed by atoms with van der Waals surface area (Å²) in [6.45, 7) is 9.43. The Bertz CT molecular complexity index is 136. The van der Waals surface area contributed by atoms with Crippen LogP contribution in [0.1, 0.15) is 13.3 Å². The maximum Gasteiger partial charge on any atom is 0.0676 e.